The van der Waals surface area contributed by atoms with Gasteiger partial charge < -0.3 is 5.11 Å². The number of aliphatic hydroxyl groups excluding tert-OH is 1. The summed E-state index contributed by atoms with van der Waals surface area (Å²) in [5.41, 5.74) is 5.17. The summed E-state index contributed by atoms with van der Waals surface area (Å²) in [6.45, 7) is 7.17. The van der Waals surface area contributed by atoms with Gasteiger partial charge in [-0.05, 0) is 111 Å². The second-order valence-electron chi connectivity index (χ2n) is 11.7. The summed E-state index contributed by atoms with van der Waals surface area (Å²) in [6, 6.07) is 3.44. The third kappa shape index (κ3) is 3.52. The predicted octanol–water partition coefficient (Wildman–Crippen LogP) is 5.21. The first kappa shape index (κ1) is 22.1. The van der Waals surface area contributed by atoms with E-state index in [1.54, 1.807) is 24.5 Å². The molecule has 0 aliphatic heterocycles. The van der Waals surface area contributed by atoms with Gasteiger partial charge in [0.05, 0.1) is 6.10 Å². The Bertz CT molecular complexity index is 886. The van der Waals surface area contributed by atoms with Gasteiger partial charge in [-0.3, -0.25) is 9.78 Å². The standard InChI is InChI=1S/C27H39N3O2/c1-17(29-30-25(32)18-10-14-28-15-11-18)22-6-7-23-21-5-4-19-16-20(31)8-12-26(19,2)24(21)9-13-27(22,23)3/h10-11,14-15,19-24,31H,4-9,12-13,16H2,1-3H3,(H,30,32)/b29-17+/t19-,20-,21+,22-,23+,24+,26-,27+/m0/s1. The Balaban J connectivity index is 1.31. The number of pyridine rings is 1. The summed E-state index contributed by atoms with van der Waals surface area (Å²) in [7, 11) is 0. The lowest BCUT2D eigenvalue weighted by atomic mass is 9.44. The number of carbonyl (C=O) groups excluding carboxylic acids is 1. The number of amides is 1. The Labute approximate surface area is 192 Å². The monoisotopic (exact) mass is 437 g/mol. The number of nitrogens with one attached hydrogen (secondary N) is 1. The van der Waals surface area contributed by atoms with Crippen LogP contribution < -0.4 is 5.43 Å². The van der Waals surface area contributed by atoms with Crippen LogP contribution in [-0.2, 0) is 0 Å². The van der Waals surface area contributed by atoms with Gasteiger partial charge >= 0.3 is 0 Å². The molecule has 4 fully saturated rings. The lowest BCUT2D eigenvalue weighted by Gasteiger charge is -2.61. The highest BCUT2D eigenvalue weighted by atomic mass is 16.3. The lowest BCUT2D eigenvalue weighted by molar-refractivity contribution is -0.123. The van der Waals surface area contributed by atoms with Crippen molar-refractivity contribution in [1.29, 1.82) is 0 Å². The van der Waals surface area contributed by atoms with Gasteiger partial charge in [0, 0.05) is 29.6 Å². The molecule has 1 heterocycles. The van der Waals surface area contributed by atoms with E-state index in [0.717, 1.165) is 36.3 Å². The Hall–Kier alpha value is -1.75. The zero-order valence-electron chi connectivity index (χ0n) is 19.9. The average Bonchev–Trinajstić information content (AvgIpc) is 3.15. The first-order chi connectivity index (χ1) is 15.3. The average molecular weight is 438 g/mol. The van der Waals surface area contributed by atoms with Crippen LogP contribution in [0, 0.1) is 40.4 Å². The maximum absolute atomic E-state index is 12.4. The molecule has 2 N–H and O–H groups in total. The molecule has 1 aromatic rings. The molecule has 0 unspecified atom stereocenters. The van der Waals surface area contributed by atoms with Crippen molar-refractivity contribution in [3.63, 3.8) is 0 Å². The number of hydrogen-bond acceptors (Lipinski definition) is 4. The van der Waals surface area contributed by atoms with E-state index in [1.807, 2.05) is 0 Å². The number of hydrogen-bond donors (Lipinski definition) is 2. The first-order valence-electron chi connectivity index (χ1n) is 12.8. The normalized spacial score (nSPS) is 43.7. The molecular formula is C27H39N3O2. The Morgan fingerprint density at radius 2 is 1.75 bits per heavy atom. The highest BCUT2D eigenvalue weighted by molar-refractivity contribution is 5.95. The van der Waals surface area contributed by atoms with Crippen molar-refractivity contribution < 1.29 is 9.90 Å². The SMILES string of the molecule is C/C(=N\NC(=O)c1ccncc1)[C@@H]1CC[C@@H]2[C@H]3CC[C@H]4C[C@@H](O)CC[C@]4(C)[C@@H]3CC[C@@]21C. The van der Waals surface area contributed by atoms with Crippen LogP contribution in [-0.4, -0.2) is 27.8 Å². The number of nitrogens with zero attached hydrogens (tertiary/aromatic N) is 2. The maximum atomic E-state index is 12.4. The molecular weight excluding hydrogens is 398 g/mol. The first-order valence-corrected chi connectivity index (χ1v) is 12.8. The second kappa shape index (κ2) is 8.23. The molecule has 4 aliphatic carbocycles. The van der Waals surface area contributed by atoms with E-state index in [4.69, 9.17) is 0 Å². The summed E-state index contributed by atoms with van der Waals surface area (Å²) in [4.78, 5) is 16.4. The fourth-order valence-corrected chi connectivity index (χ4v) is 8.71. The van der Waals surface area contributed by atoms with Crippen LogP contribution in [0.3, 0.4) is 0 Å². The molecule has 0 aromatic carbocycles. The van der Waals surface area contributed by atoms with E-state index in [1.165, 1.54) is 44.9 Å². The summed E-state index contributed by atoms with van der Waals surface area (Å²) in [6.07, 6.45) is 14.1. The third-order valence-corrected chi connectivity index (χ3v) is 10.4. The molecule has 1 amide bonds. The maximum Gasteiger partial charge on any atom is 0.271 e. The zero-order valence-corrected chi connectivity index (χ0v) is 19.9. The van der Waals surface area contributed by atoms with Crippen molar-refractivity contribution in [1.82, 2.24) is 10.4 Å². The Morgan fingerprint density at radius 1 is 1.03 bits per heavy atom. The minimum Gasteiger partial charge on any atom is -0.393 e. The van der Waals surface area contributed by atoms with E-state index in [-0.39, 0.29) is 17.4 Å². The van der Waals surface area contributed by atoms with Gasteiger partial charge in [0.15, 0.2) is 0 Å². The molecule has 4 aliphatic rings. The van der Waals surface area contributed by atoms with Crippen molar-refractivity contribution >= 4 is 11.6 Å². The van der Waals surface area contributed by atoms with Crippen LogP contribution in [0.4, 0.5) is 0 Å². The molecule has 32 heavy (non-hydrogen) atoms. The Morgan fingerprint density at radius 3 is 2.53 bits per heavy atom. The molecule has 1 aromatic heterocycles. The van der Waals surface area contributed by atoms with Crippen molar-refractivity contribution in [2.24, 2.45) is 45.5 Å². The third-order valence-electron chi connectivity index (χ3n) is 10.4. The van der Waals surface area contributed by atoms with Gasteiger partial charge in [-0.15, -0.1) is 0 Å². The molecule has 0 spiro atoms. The topological polar surface area (TPSA) is 74.6 Å². The van der Waals surface area contributed by atoms with Crippen molar-refractivity contribution in [2.45, 2.75) is 84.7 Å². The number of carbonyl (C=O) groups is 1. The molecule has 5 nitrogen and oxygen atoms in total. The molecule has 4 saturated carbocycles. The molecule has 0 bridgehead atoms. The van der Waals surface area contributed by atoms with Crippen LogP contribution in [0.15, 0.2) is 29.6 Å². The number of aromatic nitrogens is 1. The highest BCUT2D eigenvalue weighted by Gasteiger charge is 2.60. The van der Waals surface area contributed by atoms with Gasteiger partial charge in [0.25, 0.3) is 5.91 Å². The van der Waals surface area contributed by atoms with Gasteiger partial charge in [-0.1, -0.05) is 13.8 Å². The van der Waals surface area contributed by atoms with E-state index in [2.05, 4.69) is 36.3 Å². The van der Waals surface area contributed by atoms with Crippen LogP contribution in [0.5, 0.6) is 0 Å². The zero-order chi connectivity index (χ0) is 22.5. The van der Waals surface area contributed by atoms with E-state index < -0.39 is 0 Å². The largest absolute Gasteiger partial charge is 0.393 e. The van der Waals surface area contributed by atoms with Crippen molar-refractivity contribution in [3.05, 3.63) is 30.1 Å². The fourth-order valence-electron chi connectivity index (χ4n) is 8.71. The van der Waals surface area contributed by atoms with E-state index in [9.17, 15) is 9.90 Å². The number of rotatable bonds is 3. The van der Waals surface area contributed by atoms with Crippen LogP contribution >= 0.6 is 0 Å². The summed E-state index contributed by atoms with van der Waals surface area (Å²) in [5.74, 6) is 3.38. The number of hydrazone groups is 1. The van der Waals surface area contributed by atoms with Crippen LogP contribution in [0.25, 0.3) is 0 Å². The smallest absolute Gasteiger partial charge is 0.271 e. The summed E-state index contributed by atoms with van der Waals surface area (Å²) >= 11 is 0. The van der Waals surface area contributed by atoms with Crippen LogP contribution in [0.2, 0.25) is 0 Å². The van der Waals surface area contributed by atoms with E-state index in [0.29, 0.717) is 22.8 Å². The van der Waals surface area contributed by atoms with E-state index >= 15 is 0 Å². The molecule has 5 heteroatoms. The molecule has 0 saturated heterocycles. The minimum atomic E-state index is -0.166. The number of fused-ring (bicyclic) bond motifs is 5. The summed E-state index contributed by atoms with van der Waals surface area (Å²) in [5, 5.41) is 14.8. The lowest BCUT2D eigenvalue weighted by Crippen LogP contribution is -2.54. The minimum absolute atomic E-state index is 0.0736. The molecule has 0 radical (unpaired) electrons. The number of aliphatic hydroxyl groups is 1. The second-order valence-corrected chi connectivity index (χ2v) is 11.7. The quantitative estimate of drug-likeness (QED) is 0.504. The molecule has 5 rings (SSSR count). The Kier molecular flexibility index (Phi) is 5.68. The van der Waals surface area contributed by atoms with Gasteiger partial charge in [-0.25, -0.2) is 5.43 Å². The summed E-state index contributed by atoms with van der Waals surface area (Å²) < 4.78 is 0. The highest BCUT2D eigenvalue weighted by Crippen LogP contribution is 2.67. The molecule has 174 valence electrons. The van der Waals surface area contributed by atoms with Gasteiger partial charge in [0.1, 0.15) is 0 Å². The predicted molar refractivity (Wildman–Crippen MR) is 126 cm³/mol. The molecule has 8 atom stereocenters. The van der Waals surface area contributed by atoms with Gasteiger partial charge in [0.2, 0.25) is 0 Å². The van der Waals surface area contributed by atoms with Crippen molar-refractivity contribution in [3.8, 4) is 0 Å². The van der Waals surface area contributed by atoms with Gasteiger partial charge in [-0.2, -0.15) is 5.10 Å². The van der Waals surface area contributed by atoms with Crippen LogP contribution in [0.1, 0.15) is 88.9 Å². The fraction of sp³-hybridized carbons (Fsp3) is 0.741. The van der Waals surface area contributed by atoms with Crippen molar-refractivity contribution in [2.75, 3.05) is 0 Å².